The number of benzene rings is 1. The van der Waals surface area contributed by atoms with Crippen LogP contribution in [0, 0.1) is 0 Å². The zero-order valence-electron chi connectivity index (χ0n) is 12.0. The van der Waals surface area contributed by atoms with Gasteiger partial charge in [-0.1, -0.05) is 30.3 Å². The van der Waals surface area contributed by atoms with E-state index < -0.39 is 0 Å². The maximum atomic E-state index is 11.8. The summed E-state index contributed by atoms with van der Waals surface area (Å²) in [7, 11) is 0. The molecule has 2 aliphatic heterocycles. The number of hydrogen-bond donors (Lipinski definition) is 1. The SMILES string of the molecule is CC(N)C(c1ccccc1)N1CCN2C(=O)CCC2C1. The second-order valence-electron chi connectivity index (χ2n) is 5.99. The van der Waals surface area contributed by atoms with Gasteiger partial charge < -0.3 is 10.6 Å². The van der Waals surface area contributed by atoms with Crippen molar-refractivity contribution in [1.82, 2.24) is 9.80 Å². The summed E-state index contributed by atoms with van der Waals surface area (Å²) in [6.07, 6.45) is 1.71. The minimum atomic E-state index is 0.0843. The highest BCUT2D eigenvalue weighted by atomic mass is 16.2. The van der Waals surface area contributed by atoms with E-state index in [1.807, 2.05) is 6.07 Å². The van der Waals surface area contributed by atoms with Crippen LogP contribution in [0.15, 0.2) is 30.3 Å². The first-order valence-electron chi connectivity index (χ1n) is 7.51. The van der Waals surface area contributed by atoms with E-state index in [2.05, 4.69) is 41.0 Å². The Balaban J connectivity index is 1.78. The first kappa shape index (κ1) is 13.6. The Bertz CT molecular complexity index is 474. The highest BCUT2D eigenvalue weighted by Crippen LogP contribution is 2.30. The van der Waals surface area contributed by atoms with Crippen LogP contribution >= 0.6 is 0 Å². The van der Waals surface area contributed by atoms with Gasteiger partial charge in [-0.15, -0.1) is 0 Å². The normalized spacial score (nSPS) is 26.4. The number of nitrogens with zero attached hydrogens (tertiary/aromatic N) is 2. The summed E-state index contributed by atoms with van der Waals surface area (Å²) in [4.78, 5) is 16.3. The molecule has 0 aromatic heterocycles. The minimum absolute atomic E-state index is 0.0843. The molecule has 2 saturated heterocycles. The van der Waals surface area contributed by atoms with Crippen molar-refractivity contribution in [3.05, 3.63) is 35.9 Å². The van der Waals surface area contributed by atoms with Crippen LogP contribution in [0.4, 0.5) is 0 Å². The number of hydrogen-bond acceptors (Lipinski definition) is 3. The third-order valence-corrected chi connectivity index (χ3v) is 4.56. The predicted molar refractivity (Wildman–Crippen MR) is 79.1 cm³/mol. The molecule has 2 N–H and O–H groups in total. The van der Waals surface area contributed by atoms with Gasteiger partial charge in [-0.25, -0.2) is 0 Å². The fourth-order valence-corrected chi connectivity index (χ4v) is 3.64. The van der Waals surface area contributed by atoms with Gasteiger partial charge in [0.25, 0.3) is 0 Å². The molecule has 3 rings (SSSR count). The van der Waals surface area contributed by atoms with E-state index in [1.165, 1.54) is 5.56 Å². The highest BCUT2D eigenvalue weighted by molar-refractivity contribution is 5.78. The van der Waals surface area contributed by atoms with Crippen molar-refractivity contribution >= 4 is 5.91 Å². The van der Waals surface area contributed by atoms with Crippen LogP contribution in [0.1, 0.15) is 31.4 Å². The van der Waals surface area contributed by atoms with Gasteiger partial charge in [-0.3, -0.25) is 9.69 Å². The summed E-state index contributed by atoms with van der Waals surface area (Å²) in [6.45, 7) is 4.79. The van der Waals surface area contributed by atoms with E-state index in [9.17, 15) is 4.79 Å². The summed E-state index contributed by atoms with van der Waals surface area (Å²) < 4.78 is 0. The molecule has 1 aromatic rings. The van der Waals surface area contributed by atoms with Crippen molar-refractivity contribution in [2.24, 2.45) is 5.73 Å². The molecule has 0 spiro atoms. The Morgan fingerprint density at radius 3 is 2.70 bits per heavy atom. The Kier molecular flexibility index (Phi) is 3.76. The fraction of sp³-hybridized carbons (Fsp3) is 0.562. The lowest BCUT2D eigenvalue weighted by atomic mass is 9.97. The quantitative estimate of drug-likeness (QED) is 0.905. The maximum absolute atomic E-state index is 11.8. The Labute approximate surface area is 120 Å². The van der Waals surface area contributed by atoms with Gasteiger partial charge in [0.05, 0.1) is 0 Å². The van der Waals surface area contributed by atoms with Crippen molar-refractivity contribution in [2.75, 3.05) is 19.6 Å². The number of rotatable bonds is 3. The third-order valence-electron chi connectivity index (χ3n) is 4.56. The largest absolute Gasteiger partial charge is 0.337 e. The van der Waals surface area contributed by atoms with Crippen LogP contribution in [-0.2, 0) is 4.79 Å². The smallest absolute Gasteiger partial charge is 0.222 e. The van der Waals surface area contributed by atoms with Crippen molar-refractivity contribution in [2.45, 2.75) is 37.9 Å². The van der Waals surface area contributed by atoms with E-state index in [0.717, 1.165) is 26.1 Å². The lowest BCUT2D eigenvalue weighted by molar-refractivity contribution is -0.131. The zero-order chi connectivity index (χ0) is 14.1. The van der Waals surface area contributed by atoms with Crippen molar-refractivity contribution < 1.29 is 4.79 Å². The maximum Gasteiger partial charge on any atom is 0.222 e. The molecular weight excluding hydrogens is 250 g/mol. The first-order valence-corrected chi connectivity index (χ1v) is 7.51. The molecule has 2 aliphatic rings. The molecule has 3 unspecified atom stereocenters. The summed E-state index contributed by atoms with van der Waals surface area (Å²) in [5.74, 6) is 0.326. The van der Waals surface area contributed by atoms with Crippen LogP contribution < -0.4 is 5.73 Å². The number of amides is 1. The summed E-state index contributed by atoms with van der Waals surface area (Å²) in [5, 5.41) is 0. The molecule has 20 heavy (non-hydrogen) atoms. The fourth-order valence-electron chi connectivity index (χ4n) is 3.64. The lowest BCUT2D eigenvalue weighted by Crippen LogP contribution is -2.54. The lowest BCUT2D eigenvalue weighted by Gasteiger charge is -2.43. The summed E-state index contributed by atoms with van der Waals surface area (Å²) in [5.41, 5.74) is 7.52. The first-order chi connectivity index (χ1) is 9.66. The van der Waals surface area contributed by atoms with E-state index >= 15 is 0 Å². The monoisotopic (exact) mass is 273 g/mol. The average molecular weight is 273 g/mol. The topological polar surface area (TPSA) is 49.6 Å². The molecule has 0 saturated carbocycles. The van der Waals surface area contributed by atoms with Gasteiger partial charge in [0.15, 0.2) is 0 Å². The molecule has 1 amide bonds. The van der Waals surface area contributed by atoms with Gasteiger partial charge in [0.1, 0.15) is 0 Å². The zero-order valence-corrected chi connectivity index (χ0v) is 12.0. The molecule has 3 atom stereocenters. The van der Waals surface area contributed by atoms with Crippen molar-refractivity contribution in [3.8, 4) is 0 Å². The van der Waals surface area contributed by atoms with Gasteiger partial charge in [0, 0.05) is 44.2 Å². The Morgan fingerprint density at radius 2 is 2.00 bits per heavy atom. The van der Waals surface area contributed by atoms with E-state index in [4.69, 9.17) is 5.73 Å². The second kappa shape index (κ2) is 5.54. The summed E-state index contributed by atoms with van der Waals surface area (Å²) in [6, 6.07) is 11.2. The van der Waals surface area contributed by atoms with Crippen molar-refractivity contribution in [1.29, 1.82) is 0 Å². The molecule has 0 radical (unpaired) electrons. The van der Waals surface area contributed by atoms with Crippen molar-refractivity contribution in [3.63, 3.8) is 0 Å². The van der Waals surface area contributed by atoms with Crippen LogP contribution in [-0.4, -0.2) is 47.4 Å². The number of fused-ring (bicyclic) bond motifs is 1. The molecule has 0 bridgehead atoms. The van der Waals surface area contributed by atoms with Gasteiger partial charge in [-0.05, 0) is 18.9 Å². The van der Waals surface area contributed by atoms with Crippen LogP contribution in [0.5, 0.6) is 0 Å². The number of carbonyl (C=O) groups excluding carboxylic acids is 1. The van der Waals surface area contributed by atoms with Crippen LogP contribution in [0.25, 0.3) is 0 Å². The molecule has 1 aromatic carbocycles. The van der Waals surface area contributed by atoms with E-state index in [-0.39, 0.29) is 12.1 Å². The van der Waals surface area contributed by atoms with Gasteiger partial charge >= 0.3 is 0 Å². The van der Waals surface area contributed by atoms with Crippen LogP contribution in [0.3, 0.4) is 0 Å². The molecule has 0 aliphatic carbocycles. The van der Waals surface area contributed by atoms with E-state index in [0.29, 0.717) is 18.4 Å². The van der Waals surface area contributed by atoms with E-state index in [1.54, 1.807) is 0 Å². The standard InChI is InChI=1S/C16H23N3O/c1-12(17)16(13-5-3-2-4-6-13)18-9-10-19-14(11-18)7-8-15(19)20/h2-6,12,14,16H,7-11,17H2,1H3. The third kappa shape index (κ3) is 2.45. The Hall–Kier alpha value is -1.39. The second-order valence-corrected chi connectivity index (χ2v) is 5.99. The molecular formula is C16H23N3O. The Morgan fingerprint density at radius 1 is 1.25 bits per heavy atom. The number of carbonyl (C=O) groups is 1. The highest BCUT2D eigenvalue weighted by Gasteiger charge is 2.38. The predicted octanol–water partition coefficient (Wildman–Crippen LogP) is 1.38. The average Bonchev–Trinajstić information content (AvgIpc) is 2.81. The number of piperazine rings is 1. The van der Waals surface area contributed by atoms with Gasteiger partial charge in [0.2, 0.25) is 5.91 Å². The molecule has 4 nitrogen and oxygen atoms in total. The molecule has 108 valence electrons. The number of nitrogens with two attached hydrogens (primary N) is 1. The molecule has 2 fully saturated rings. The van der Waals surface area contributed by atoms with Gasteiger partial charge in [-0.2, -0.15) is 0 Å². The molecule has 4 heteroatoms. The summed E-state index contributed by atoms with van der Waals surface area (Å²) >= 11 is 0. The minimum Gasteiger partial charge on any atom is -0.337 e. The molecule has 2 heterocycles. The van der Waals surface area contributed by atoms with Crippen LogP contribution in [0.2, 0.25) is 0 Å².